The highest BCUT2D eigenvalue weighted by molar-refractivity contribution is 5.93. The van der Waals surface area contributed by atoms with Gasteiger partial charge in [0.25, 0.3) is 0 Å². The highest BCUT2D eigenvalue weighted by Gasteiger charge is 2.15. The number of amides is 1. The van der Waals surface area contributed by atoms with E-state index in [-0.39, 0.29) is 5.91 Å². The summed E-state index contributed by atoms with van der Waals surface area (Å²) in [6, 6.07) is 17.6. The van der Waals surface area contributed by atoms with Gasteiger partial charge in [-0.1, -0.05) is 17.7 Å². The van der Waals surface area contributed by atoms with Crippen molar-refractivity contribution < 1.29 is 14.3 Å². The fraction of sp³-hybridized carbons (Fsp3) is 0.231. The molecule has 4 rings (SSSR count). The molecule has 0 saturated heterocycles. The maximum Gasteiger partial charge on any atom is 0.224 e. The van der Waals surface area contributed by atoms with Crippen LogP contribution in [0.2, 0.25) is 0 Å². The van der Waals surface area contributed by atoms with E-state index in [9.17, 15) is 4.79 Å². The number of anilines is 1. The molecule has 0 bridgehead atoms. The molecule has 0 fully saturated rings. The molecule has 0 saturated carbocycles. The lowest BCUT2D eigenvalue weighted by Crippen LogP contribution is -2.12. The summed E-state index contributed by atoms with van der Waals surface area (Å²) in [6.07, 6.45) is 3.68. The Balaban J connectivity index is 1.50. The first-order valence-corrected chi connectivity index (χ1v) is 10.6. The van der Waals surface area contributed by atoms with E-state index >= 15 is 0 Å². The van der Waals surface area contributed by atoms with Crippen molar-refractivity contribution in [3.63, 3.8) is 0 Å². The number of aryl methyl sites for hydroxylation is 2. The number of benzene rings is 2. The standard InChI is InChI=1S/C26H27N3O3/c1-17-10-12-21-20(15-17)19(26(29-21)23-8-4-5-14-27-23)7-6-9-25(30)28-22-13-11-18(31-2)16-24(22)32-3/h4-5,8,10-16,29H,6-7,9H2,1-3H3,(H,28,30). The number of pyridine rings is 1. The van der Waals surface area contributed by atoms with Crippen LogP contribution in [0, 0.1) is 6.92 Å². The molecule has 0 unspecified atom stereocenters. The monoisotopic (exact) mass is 429 g/mol. The first-order chi connectivity index (χ1) is 15.6. The lowest BCUT2D eigenvalue weighted by atomic mass is 10.0. The van der Waals surface area contributed by atoms with Crippen molar-refractivity contribution in [2.45, 2.75) is 26.2 Å². The Morgan fingerprint density at radius 1 is 1.06 bits per heavy atom. The molecule has 2 aromatic carbocycles. The van der Waals surface area contributed by atoms with Crippen molar-refractivity contribution in [1.29, 1.82) is 0 Å². The predicted molar refractivity (Wildman–Crippen MR) is 127 cm³/mol. The minimum absolute atomic E-state index is 0.0520. The number of aromatic amines is 1. The number of H-pyrrole nitrogens is 1. The summed E-state index contributed by atoms with van der Waals surface area (Å²) in [4.78, 5) is 20.7. The van der Waals surface area contributed by atoms with E-state index in [1.807, 2.05) is 18.2 Å². The van der Waals surface area contributed by atoms with Gasteiger partial charge in [0.15, 0.2) is 0 Å². The van der Waals surface area contributed by atoms with Crippen LogP contribution in [0.5, 0.6) is 11.5 Å². The lowest BCUT2D eigenvalue weighted by Gasteiger charge is -2.11. The number of methoxy groups -OCH3 is 2. The normalized spacial score (nSPS) is 10.8. The molecule has 6 heteroatoms. The quantitative estimate of drug-likeness (QED) is 0.387. The fourth-order valence-electron chi connectivity index (χ4n) is 3.89. The van der Waals surface area contributed by atoms with E-state index in [2.05, 4.69) is 40.4 Å². The van der Waals surface area contributed by atoms with Crippen molar-refractivity contribution in [1.82, 2.24) is 9.97 Å². The maximum atomic E-state index is 12.6. The largest absolute Gasteiger partial charge is 0.497 e. The molecule has 6 nitrogen and oxygen atoms in total. The van der Waals surface area contributed by atoms with Gasteiger partial charge in [-0.05, 0) is 61.7 Å². The number of hydrogen-bond donors (Lipinski definition) is 2. The average Bonchev–Trinajstić information content (AvgIpc) is 3.17. The highest BCUT2D eigenvalue weighted by atomic mass is 16.5. The van der Waals surface area contributed by atoms with Gasteiger partial charge in [0.05, 0.1) is 31.3 Å². The number of nitrogens with one attached hydrogen (secondary N) is 2. The van der Waals surface area contributed by atoms with Gasteiger partial charge in [0.1, 0.15) is 11.5 Å². The van der Waals surface area contributed by atoms with Crippen LogP contribution in [0.15, 0.2) is 60.8 Å². The molecule has 0 aliphatic rings. The molecule has 32 heavy (non-hydrogen) atoms. The van der Waals surface area contributed by atoms with E-state index in [1.165, 1.54) is 16.5 Å². The van der Waals surface area contributed by atoms with Gasteiger partial charge in [0.2, 0.25) is 5.91 Å². The molecule has 1 amide bonds. The zero-order valence-electron chi connectivity index (χ0n) is 18.6. The topological polar surface area (TPSA) is 76.2 Å². The number of carbonyl (C=O) groups excluding carboxylic acids is 1. The number of fused-ring (bicyclic) bond motifs is 1. The van der Waals surface area contributed by atoms with Crippen LogP contribution in [0.4, 0.5) is 5.69 Å². The Bertz CT molecular complexity index is 1230. The maximum absolute atomic E-state index is 12.6. The molecule has 0 aliphatic heterocycles. The Morgan fingerprint density at radius 2 is 1.94 bits per heavy atom. The number of ether oxygens (including phenoxy) is 2. The Morgan fingerprint density at radius 3 is 2.69 bits per heavy atom. The summed E-state index contributed by atoms with van der Waals surface area (Å²) in [5.74, 6) is 1.20. The van der Waals surface area contributed by atoms with Crippen LogP contribution in [-0.2, 0) is 11.2 Å². The molecule has 0 atom stereocenters. The van der Waals surface area contributed by atoms with E-state index in [1.54, 1.807) is 38.6 Å². The molecular weight excluding hydrogens is 402 g/mol. The Hall–Kier alpha value is -3.80. The molecule has 4 aromatic rings. The summed E-state index contributed by atoms with van der Waals surface area (Å²) >= 11 is 0. The van der Waals surface area contributed by atoms with E-state index in [4.69, 9.17) is 9.47 Å². The van der Waals surface area contributed by atoms with E-state index < -0.39 is 0 Å². The lowest BCUT2D eigenvalue weighted by molar-refractivity contribution is -0.116. The van der Waals surface area contributed by atoms with E-state index in [0.29, 0.717) is 30.0 Å². The summed E-state index contributed by atoms with van der Waals surface area (Å²) in [5, 5.41) is 4.13. The van der Waals surface area contributed by atoms with Gasteiger partial charge in [-0.3, -0.25) is 9.78 Å². The first-order valence-electron chi connectivity index (χ1n) is 10.6. The van der Waals surface area contributed by atoms with Gasteiger partial charge in [-0.15, -0.1) is 0 Å². The minimum atomic E-state index is -0.0520. The van der Waals surface area contributed by atoms with Crippen molar-refractivity contribution in [2.24, 2.45) is 0 Å². The van der Waals surface area contributed by atoms with Gasteiger partial charge in [-0.25, -0.2) is 0 Å². The van der Waals surface area contributed by atoms with Crippen LogP contribution in [-0.4, -0.2) is 30.1 Å². The van der Waals surface area contributed by atoms with Gasteiger partial charge in [-0.2, -0.15) is 0 Å². The zero-order valence-corrected chi connectivity index (χ0v) is 18.6. The summed E-state index contributed by atoms with van der Waals surface area (Å²) in [7, 11) is 3.17. The van der Waals surface area contributed by atoms with Crippen molar-refractivity contribution in [2.75, 3.05) is 19.5 Å². The van der Waals surface area contributed by atoms with Crippen LogP contribution >= 0.6 is 0 Å². The summed E-state index contributed by atoms with van der Waals surface area (Å²) < 4.78 is 10.6. The smallest absolute Gasteiger partial charge is 0.224 e. The highest BCUT2D eigenvalue weighted by Crippen LogP contribution is 2.32. The number of rotatable bonds is 8. The number of hydrogen-bond acceptors (Lipinski definition) is 4. The number of aromatic nitrogens is 2. The minimum Gasteiger partial charge on any atom is -0.497 e. The molecule has 2 heterocycles. The number of carbonyl (C=O) groups is 1. The first kappa shape index (κ1) is 21.4. The summed E-state index contributed by atoms with van der Waals surface area (Å²) in [5.41, 5.74) is 6.04. The second-order valence-electron chi connectivity index (χ2n) is 7.71. The van der Waals surface area contributed by atoms with Gasteiger partial charge >= 0.3 is 0 Å². The van der Waals surface area contributed by atoms with Crippen LogP contribution in [0.1, 0.15) is 24.0 Å². The molecule has 0 radical (unpaired) electrons. The molecule has 0 spiro atoms. The molecule has 2 N–H and O–H groups in total. The third kappa shape index (κ3) is 4.59. The predicted octanol–water partition coefficient (Wildman–Crippen LogP) is 5.52. The molecular formula is C26H27N3O3. The van der Waals surface area contributed by atoms with Crippen molar-refractivity contribution >= 4 is 22.5 Å². The third-order valence-electron chi connectivity index (χ3n) is 5.50. The van der Waals surface area contributed by atoms with E-state index in [0.717, 1.165) is 23.3 Å². The molecule has 2 aromatic heterocycles. The van der Waals surface area contributed by atoms with Crippen LogP contribution in [0.3, 0.4) is 0 Å². The fourth-order valence-corrected chi connectivity index (χ4v) is 3.89. The zero-order chi connectivity index (χ0) is 22.5. The van der Waals surface area contributed by atoms with Crippen LogP contribution in [0.25, 0.3) is 22.3 Å². The van der Waals surface area contributed by atoms with Crippen LogP contribution < -0.4 is 14.8 Å². The molecule has 0 aliphatic carbocycles. The van der Waals surface area contributed by atoms with Gasteiger partial charge < -0.3 is 19.8 Å². The Labute approximate surface area is 187 Å². The Kier molecular flexibility index (Phi) is 6.40. The SMILES string of the molecule is COc1ccc(NC(=O)CCCc2c(-c3ccccn3)[nH]c3ccc(C)cc23)c(OC)c1. The third-order valence-corrected chi connectivity index (χ3v) is 5.50. The van der Waals surface area contributed by atoms with Crippen molar-refractivity contribution in [3.8, 4) is 22.9 Å². The van der Waals surface area contributed by atoms with Gasteiger partial charge in [0, 0.05) is 29.6 Å². The second-order valence-corrected chi connectivity index (χ2v) is 7.71. The molecule has 164 valence electrons. The number of nitrogens with zero attached hydrogens (tertiary/aromatic N) is 1. The second kappa shape index (κ2) is 9.56. The van der Waals surface area contributed by atoms with Crippen molar-refractivity contribution in [3.05, 3.63) is 71.9 Å². The average molecular weight is 430 g/mol. The summed E-state index contributed by atoms with van der Waals surface area (Å²) in [6.45, 7) is 2.09.